The van der Waals surface area contributed by atoms with Crippen molar-refractivity contribution in [2.75, 3.05) is 7.05 Å². The Bertz CT molecular complexity index is 617. The summed E-state index contributed by atoms with van der Waals surface area (Å²) in [6.07, 6.45) is 3.41. The quantitative estimate of drug-likeness (QED) is 0.363. The van der Waals surface area contributed by atoms with Gasteiger partial charge in [0.2, 0.25) is 12.3 Å². The van der Waals surface area contributed by atoms with Gasteiger partial charge >= 0.3 is 0 Å². The zero-order chi connectivity index (χ0) is 14.4. The number of benzene rings is 1. The van der Waals surface area contributed by atoms with Gasteiger partial charge in [0, 0.05) is 18.7 Å². The fraction of sp³-hybridized carbons (Fsp3) is 0.133. The molecule has 0 saturated carbocycles. The van der Waals surface area contributed by atoms with Gasteiger partial charge < -0.3 is 17.0 Å². The minimum atomic E-state index is -0.242. The van der Waals surface area contributed by atoms with Crippen molar-refractivity contribution in [3.8, 4) is 0 Å². The average Bonchev–Trinajstić information content (AvgIpc) is 2.48. The molecule has 0 saturated heterocycles. The van der Waals surface area contributed by atoms with Crippen molar-refractivity contribution in [2.45, 2.75) is 6.54 Å². The second kappa shape index (κ2) is 8.28. The number of nitrogens with zero attached hydrogens (tertiary/aromatic N) is 1. The molecular formula is C15H16BrN3O2. The van der Waals surface area contributed by atoms with Crippen LogP contribution in [0.15, 0.2) is 54.9 Å². The molecule has 0 aliphatic heterocycles. The average molecular weight is 350 g/mol. The van der Waals surface area contributed by atoms with Crippen LogP contribution in [0.2, 0.25) is 0 Å². The zero-order valence-electron chi connectivity index (χ0n) is 11.5. The molecular weight excluding hydrogens is 334 g/mol. The Morgan fingerprint density at radius 1 is 1.05 bits per heavy atom. The lowest BCUT2D eigenvalue weighted by molar-refractivity contribution is -0.683. The minimum absolute atomic E-state index is 0. The van der Waals surface area contributed by atoms with Gasteiger partial charge in [0.05, 0.1) is 0 Å². The molecule has 1 amide bonds. The Labute approximate surface area is 133 Å². The smallest absolute Gasteiger partial charge is 0.271 e. The molecule has 1 aromatic heterocycles. The van der Waals surface area contributed by atoms with Crippen molar-refractivity contribution >= 4 is 11.7 Å². The SMILES string of the molecule is CNNC(=O)c1ccc[n+](CC(=O)c2ccccc2)c1.[Br-]. The van der Waals surface area contributed by atoms with E-state index in [1.54, 1.807) is 48.3 Å². The summed E-state index contributed by atoms with van der Waals surface area (Å²) in [5.74, 6) is -0.240. The Kier molecular flexibility index (Phi) is 6.71. The van der Waals surface area contributed by atoms with Crippen LogP contribution in [0, 0.1) is 0 Å². The van der Waals surface area contributed by atoms with Gasteiger partial charge in [-0.15, -0.1) is 0 Å². The van der Waals surface area contributed by atoms with E-state index in [0.717, 1.165) is 0 Å². The molecule has 0 spiro atoms. The summed E-state index contributed by atoms with van der Waals surface area (Å²) >= 11 is 0. The van der Waals surface area contributed by atoms with Gasteiger partial charge in [0.15, 0.2) is 12.4 Å². The molecule has 1 aromatic carbocycles. The molecule has 1 heterocycles. The van der Waals surface area contributed by atoms with Crippen LogP contribution in [0.25, 0.3) is 0 Å². The predicted molar refractivity (Wildman–Crippen MR) is 73.9 cm³/mol. The van der Waals surface area contributed by atoms with Gasteiger partial charge in [-0.2, -0.15) is 4.57 Å². The molecule has 2 rings (SSSR count). The zero-order valence-corrected chi connectivity index (χ0v) is 13.1. The van der Waals surface area contributed by atoms with E-state index in [1.807, 2.05) is 18.2 Å². The maximum atomic E-state index is 12.1. The van der Waals surface area contributed by atoms with Crippen LogP contribution in [0.4, 0.5) is 0 Å². The van der Waals surface area contributed by atoms with Crippen LogP contribution >= 0.6 is 0 Å². The summed E-state index contributed by atoms with van der Waals surface area (Å²) in [6.45, 7) is 0.199. The fourth-order valence-corrected chi connectivity index (χ4v) is 1.82. The van der Waals surface area contributed by atoms with Gasteiger partial charge in [-0.25, -0.2) is 5.43 Å². The molecule has 0 aliphatic rings. The van der Waals surface area contributed by atoms with Crippen LogP contribution in [0.1, 0.15) is 20.7 Å². The Balaban J connectivity index is 0.00000220. The Hall–Kier alpha value is -2.05. The maximum Gasteiger partial charge on any atom is 0.271 e. The van der Waals surface area contributed by atoms with Crippen LogP contribution in [-0.2, 0) is 6.54 Å². The van der Waals surface area contributed by atoms with Gasteiger partial charge in [0.1, 0.15) is 5.56 Å². The first-order chi connectivity index (χ1) is 9.70. The van der Waals surface area contributed by atoms with Gasteiger partial charge in [0.25, 0.3) is 5.91 Å². The van der Waals surface area contributed by atoms with Crippen molar-refractivity contribution in [1.29, 1.82) is 0 Å². The minimum Gasteiger partial charge on any atom is -1.00 e. The summed E-state index contributed by atoms with van der Waals surface area (Å²) in [7, 11) is 1.62. The van der Waals surface area contributed by atoms with Crippen molar-refractivity contribution in [3.63, 3.8) is 0 Å². The third-order valence-electron chi connectivity index (χ3n) is 2.78. The number of hydrazine groups is 1. The van der Waals surface area contributed by atoms with Crippen LogP contribution in [0.5, 0.6) is 0 Å². The predicted octanol–water partition coefficient (Wildman–Crippen LogP) is -2.27. The number of rotatable bonds is 5. The highest BCUT2D eigenvalue weighted by atomic mass is 79.9. The second-order valence-electron chi connectivity index (χ2n) is 4.26. The number of pyridine rings is 1. The summed E-state index contributed by atoms with van der Waals surface area (Å²) in [6, 6.07) is 12.5. The third-order valence-corrected chi connectivity index (χ3v) is 2.78. The van der Waals surface area contributed by atoms with E-state index >= 15 is 0 Å². The van der Waals surface area contributed by atoms with E-state index in [2.05, 4.69) is 10.9 Å². The number of nitrogens with one attached hydrogen (secondary N) is 2. The maximum absolute atomic E-state index is 12.1. The van der Waals surface area contributed by atoms with Crippen molar-refractivity contribution in [2.24, 2.45) is 0 Å². The topological polar surface area (TPSA) is 62.1 Å². The molecule has 21 heavy (non-hydrogen) atoms. The fourth-order valence-electron chi connectivity index (χ4n) is 1.82. The number of halogens is 1. The lowest BCUT2D eigenvalue weighted by Gasteiger charge is -2.02. The monoisotopic (exact) mass is 349 g/mol. The summed E-state index contributed by atoms with van der Waals surface area (Å²) in [5.41, 5.74) is 6.21. The molecule has 0 radical (unpaired) electrons. The lowest BCUT2D eigenvalue weighted by atomic mass is 10.1. The number of carbonyl (C=O) groups is 2. The standard InChI is InChI=1S/C15H15N3O2.BrH/c1-16-17-15(20)13-8-5-9-18(10-13)11-14(19)12-6-3-2-4-7-12;/h2-10,16H,11H2,1H3;1H. The number of Topliss-reactive ketones (excluding diaryl/α,β-unsaturated/α-hetero) is 1. The molecule has 0 unspecified atom stereocenters. The highest BCUT2D eigenvalue weighted by molar-refractivity contribution is 5.95. The first-order valence-corrected chi connectivity index (χ1v) is 6.25. The highest BCUT2D eigenvalue weighted by Crippen LogP contribution is 2.00. The van der Waals surface area contributed by atoms with Crippen molar-refractivity contribution < 1.29 is 31.1 Å². The molecule has 110 valence electrons. The molecule has 0 aliphatic carbocycles. The van der Waals surface area contributed by atoms with E-state index in [-0.39, 0.29) is 35.2 Å². The molecule has 0 bridgehead atoms. The number of hydrogen-bond donors (Lipinski definition) is 2. The van der Waals surface area contributed by atoms with Gasteiger partial charge in [-0.1, -0.05) is 30.3 Å². The first kappa shape index (κ1) is 17.0. The largest absolute Gasteiger partial charge is 1.00 e. The van der Waals surface area contributed by atoms with Crippen molar-refractivity contribution in [3.05, 3.63) is 66.0 Å². The Morgan fingerprint density at radius 2 is 1.71 bits per heavy atom. The highest BCUT2D eigenvalue weighted by Gasteiger charge is 2.14. The molecule has 5 nitrogen and oxygen atoms in total. The third kappa shape index (κ3) is 4.77. The Morgan fingerprint density at radius 3 is 2.38 bits per heavy atom. The number of amides is 1. The van der Waals surface area contributed by atoms with E-state index < -0.39 is 0 Å². The van der Waals surface area contributed by atoms with E-state index in [1.165, 1.54) is 0 Å². The number of ketones is 1. The second-order valence-corrected chi connectivity index (χ2v) is 4.26. The van der Waals surface area contributed by atoms with Crippen LogP contribution in [0.3, 0.4) is 0 Å². The summed E-state index contributed by atoms with van der Waals surface area (Å²) in [5, 5.41) is 0. The van der Waals surface area contributed by atoms with E-state index in [9.17, 15) is 9.59 Å². The summed E-state index contributed by atoms with van der Waals surface area (Å²) < 4.78 is 1.69. The normalized spacial score (nSPS) is 9.57. The molecule has 6 heteroatoms. The lowest BCUT2D eigenvalue weighted by Crippen LogP contribution is -3.00. The van der Waals surface area contributed by atoms with E-state index in [4.69, 9.17) is 0 Å². The number of hydrogen-bond acceptors (Lipinski definition) is 3. The molecule has 0 atom stereocenters. The van der Waals surface area contributed by atoms with Crippen LogP contribution in [-0.4, -0.2) is 18.7 Å². The molecule has 2 aromatic rings. The molecule has 0 fully saturated rings. The van der Waals surface area contributed by atoms with Crippen LogP contribution < -0.4 is 32.4 Å². The number of aromatic nitrogens is 1. The van der Waals surface area contributed by atoms with E-state index in [0.29, 0.717) is 11.1 Å². The van der Waals surface area contributed by atoms with Crippen molar-refractivity contribution in [1.82, 2.24) is 10.9 Å². The number of carbonyl (C=O) groups excluding carboxylic acids is 2. The summed E-state index contributed by atoms with van der Waals surface area (Å²) in [4.78, 5) is 23.8. The van der Waals surface area contributed by atoms with Gasteiger partial charge in [-0.05, 0) is 6.07 Å². The molecule has 2 N–H and O–H groups in total. The first-order valence-electron chi connectivity index (χ1n) is 6.25. The van der Waals surface area contributed by atoms with Gasteiger partial charge in [-0.3, -0.25) is 15.0 Å².